The Morgan fingerprint density at radius 1 is 1.20 bits per heavy atom. The minimum Gasteiger partial charge on any atom is -0.312 e. The number of nitrogens with one attached hydrogen (secondary N) is 1. The first-order chi connectivity index (χ1) is 9.16. The standard InChI is InChI=1S/C18H32N2/c1-13-9-10-14(2)16(11-13)17(19-7)12-20(8)15(3)18(4,5)6/h9-11,15,17,19H,12H2,1-8H3. The van der Waals surface area contributed by atoms with Crippen LogP contribution in [0.4, 0.5) is 0 Å². The molecule has 2 heteroatoms. The van der Waals surface area contributed by atoms with Gasteiger partial charge in [-0.2, -0.15) is 0 Å². The van der Waals surface area contributed by atoms with Crippen LogP contribution in [0.2, 0.25) is 0 Å². The molecule has 0 fully saturated rings. The fraction of sp³-hybridized carbons (Fsp3) is 0.667. The van der Waals surface area contributed by atoms with E-state index in [1.54, 1.807) is 0 Å². The predicted molar refractivity (Wildman–Crippen MR) is 89.3 cm³/mol. The van der Waals surface area contributed by atoms with Crippen molar-refractivity contribution in [3.8, 4) is 0 Å². The second-order valence-corrected chi connectivity index (χ2v) is 7.18. The topological polar surface area (TPSA) is 15.3 Å². The van der Waals surface area contributed by atoms with Crippen molar-refractivity contribution in [2.45, 2.75) is 53.6 Å². The van der Waals surface area contributed by atoms with E-state index in [2.05, 4.69) is 84.1 Å². The van der Waals surface area contributed by atoms with Crippen molar-refractivity contribution in [2.75, 3.05) is 20.6 Å². The molecule has 2 atom stereocenters. The highest BCUT2D eigenvalue weighted by atomic mass is 15.2. The highest BCUT2D eigenvalue weighted by Gasteiger charge is 2.26. The van der Waals surface area contributed by atoms with Crippen molar-refractivity contribution in [1.82, 2.24) is 10.2 Å². The van der Waals surface area contributed by atoms with Gasteiger partial charge in [0.2, 0.25) is 0 Å². The summed E-state index contributed by atoms with van der Waals surface area (Å²) in [5.41, 5.74) is 4.42. The minimum absolute atomic E-state index is 0.300. The molecule has 0 aliphatic heterocycles. The summed E-state index contributed by atoms with van der Waals surface area (Å²) in [4.78, 5) is 2.46. The number of rotatable bonds is 5. The molecule has 0 amide bonds. The van der Waals surface area contributed by atoms with Crippen LogP contribution in [0.5, 0.6) is 0 Å². The Morgan fingerprint density at radius 2 is 1.80 bits per heavy atom. The van der Waals surface area contributed by atoms with E-state index in [4.69, 9.17) is 0 Å². The van der Waals surface area contributed by atoms with Gasteiger partial charge in [0.1, 0.15) is 0 Å². The minimum atomic E-state index is 0.300. The van der Waals surface area contributed by atoms with Gasteiger partial charge in [0.15, 0.2) is 0 Å². The molecule has 0 saturated carbocycles. The normalized spacial score (nSPS) is 15.4. The van der Waals surface area contributed by atoms with E-state index in [9.17, 15) is 0 Å². The molecule has 1 aromatic rings. The summed E-state index contributed by atoms with van der Waals surface area (Å²) in [6, 6.07) is 7.65. The van der Waals surface area contributed by atoms with Crippen LogP contribution in [0.1, 0.15) is 50.4 Å². The summed E-state index contributed by atoms with van der Waals surface area (Å²) in [6.45, 7) is 14.6. The van der Waals surface area contributed by atoms with Crippen molar-refractivity contribution < 1.29 is 0 Å². The highest BCUT2D eigenvalue weighted by molar-refractivity contribution is 5.33. The zero-order valence-corrected chi connectivity index (χ0v) is 14.5. The molecule has 0 saturated heterocycles. The summed E-state index contributed by atoms with van der Waals surface area (Å²) >= 11 is 0. The van der Waals surface area contributed by atoms with Gasteiger partial charge in [0.25, 0.3) is 0 Å². The molecule has 0 spiro atoms. The maximum Gasteiger partial charge on any atom is 0.0449 e. The van der Waals surface area contributed by atoms with Gasteiger partial charge in [-0.25, -0.2) is 0 Å². The zero-order chi connectivity index (χ0) is 15.5. The van der Waals surface area contributed by atoms with Gasteiger partial charge in [-0.1, -0.05) is 44.5 Å². The molecular weight excluding hydrogens is 244 g/mol. The van der Waals surface area contributed by atoms with Crippen LogP contribution < -0.4 is 5.32 Å². The molecule has 1 aromatic carbocycles. The van der Waals surface area contributed by atoms with Gasteiger partial charge < -0.3 is 10.2 Å². The quantitative estimate of drug-likeness (QED) is 0.876. The average Bonchev–Trinajstić information content (AvgIpc) is 2.36. The van der Waals surface area contributed by atoms with Crippen LogP contribution in [-0.2, 0) is 0 Å². The fourth-order valence-corrected chi connectivity index (χ4v) is 2.59. The maximum atomic E-state index is 3.48. The predicted octanol–water partition coefficient (Wildman–Crippen LogP) is 3.93. The van der Waals surface area contributed by atoms with Crippen LogP contribution in [0.25, 0.3) is 0 Å². The van der Waals surface area contributed by atoms with E-state index >= 15 is 0 Å². The summed E-state index contributed by atoms with van der Waals surface area (Å²) in [5, 5.41) is 3.48. The molecule has 1 rings (SSSR count). The first kappa shape index (κ1) is 17.2. The largest absolute Gasteiger partial charge is 0.312 e. The average molecular weight is 276 g/mol. The monoisotopic (exact) mass is 276 g/mol. The fourth-order valence-electron chi connectivity index (χ4n) is 2.59. The van der Waals surface area contributed by atoms with Crippen LogP contribution in [0.3, 0.4) is 0 Å². The second kappa shape index (κ2) is 6.73. The third kappa shape index (κ3) is 4.32. The van der Waals surface area contributed by atoms with E-state index < -0.39 is 0 Å². The zero-order valence-electron chi connectivity index (χ0n) is 14.5. The molecule has 0 aliphatic rings. The lowest BCUT2D eigenvalue weighted by molar-refractivity contribution is 0.130. The van der Waals surface area contributed by atoms with Crippen molar-refractivity contribution in [2.24, 2.45) is 5.41 Å². The third-order valence-electron chi connectivity index (χ3n) is 4.54. The molecule has 0 radical (unpaired) electrons. The first-order valence-electron chi connectivity index (χ1n) is 7.61. The van der Waals surface area contributed by atoms with Gasteiger partial charge in [-0.05, 0) is 51.4 Å². The Bertz CT molecular complexity index is 432. The Morgan fingerprint density at radius 3 is 2.30 bits per heavy atom. The number of likely N-dealkylation sites (N-methyl/N-ethyl adjacent to an activating group) is 2. The molecule has 2 nitrogen and oxygen atoms in total. The smallest absolute Gasteiger partial charge is 0.0449 e. The van der Waals surface area contributed by atoms with E-state index in [0.29, 0.717) is 17.5 Å². The second-order valence-electron chi connectivity index (χ2n) is 7.18. The van der Waals surface area contributed by atoms with Gasteiger partial charge in [-0.3, -0.25) is 0 Å². The van der Waals surface area contributed by atoms with E-state index in [1.165, 1.54) is 16.7 Å². The summed E-state index contributed by atoms with van der Waals surface area (Å²) in [7, 11) is 4.29. The third-order valence-corrected chi connectivity index (χ3v) is 4.54. The summed E-state index contributed by atoms with van der Waals surface area (Å²) in [5.74, 6) is 0. The van der Waals surface area contributed by atoms with Crippen molar-refractivity contribution in [1.29, 1.82) is 0 Å². The molecule has 0 aromatic heterocycles. The van der Waals surface area contributed by atoms with Crippen molar-refractivity contribution >= 4 is 0 Å². The molecule has 0 heterocycles. The molecule has 1 N–H and O–H groups in total. The van der Waals surface area contributed by atoms with Crippen LogP contribution in [0, 0.1) is 19.3 Å². The molecule has 0 aliphatic carbocycles. The molecule has 2 unspecified atom stereocenters. The lowest BCUT2D eigenvalue weighted by Gasteiger charge is -2.37. The number of hydrogen-bond acceptors (Lipinski definition) is 2. The molecular formula is C18H32N2. The van der Waals surface area contributed by atoms with Gasteiger partial charge in [0.05, 0.1) is 0 Å². The lowest BCUT2D eigenvalue weighted by atomic mass is 9.86. The number of benzene rings is 1. The Labute approximate surface area is 125 Å². The van der Waals surface area contributed by atoms with Crippen molar-refractivity contribution in [3.05, 3.63) is 34.9 Å². The van der Waals surface area contributed by atoms with E-state index in [1.807, 2.05) is 0 Å². The Hall–Kier alpha value is -0.860. The SMILES string of the molecule is CNC(CN(C)C(C)C(C)(C)C)c1cc(C)ccc1C. The van der Waals surface area contributed by atoms with Crippen LogP contribution >= 0.6 is 0 Å². The lowest BCUT2D eigenvalue weighted by Crippen LogP contribution is -2.43. The first-order valence-corrected chi connectivity index (χ1v) is 7.61. The number of aryl methyl sites for hydroxylation is 2. The molecule has 20 heavy (non-hydrogen) atoms. The van der Waals surface area contributed by atoms with Gasteiger partial charge >= 0.3 is 0 Å². The van der Waals surface area contributed by atoms with Crippen LogP contribution in [-0.4, -0.2) is 31.6 Å². The summed E-state index contributed by atoms with van der Waals surface area (Å²) < 4.78 is 0. The van der Waals surface area contributed by atoms with Gasteiger partial charge in [-0.15, -0.1) is 0 Å². The molecule has 114 valence electrons. The van der Waals surface area contributed by atoms with E-state index in [0.717, 1.165) is 6.54 Å². The Kier molecular flexibility index (Phi) is 5.79. The van der Waals surface area contributed by atoms with E-state index in [-0.39, 0.29) is 0 Å². The van der Waals surface area contributed by atoms with Crippen LogP contribution in [0.15, 0.2) is 18.2 Å². The molecule has 0 bridgehead atoms. The number of nitrogens with zero attached hydrogens (tertiary/aromatic N) is 1. The number of hydrogen-bond donors (Lipinski definition) is 1. The highest BCUT2D eigenvalue weighted by Crippen LogP contribution is 2.26. The Balaban J connectivity index is 2.90. The van der Waals surface area contributed by atoms with Crippen molar-refractivity contribution in [3.63, 3.8) is 0 Å². The van der Waals surface area contributed by atoms with Gasteiger partial charge in [0, 0.05) is 18.6 Å². The summed E-state index contributed by atoms with van der Waals surface area (Å²) in [6.07, 6.45) is 0. The maximum absolute atomic E-state index is 3.48.